The van der Waals surface area contributed by atoms with Crippen molar-refractivity contribution in [3.05, 3.63) is 71.8 Å². The van der Waals surface area contributed by atoms with Crippen LogP contribution in [0.4, 0.5) is 5.69 Å². The Bertz CT molecular complexity index is 946. The number of ether oxygens (including phenoxy) is 1. The first-order valence-corrected chi connectivity index (χ1v) is 7.95. The van der Waals surface area contributed by atoms with Crippen molar-refractivity contribution in [1.82, 2.24) is 4.90 Å². The maximum atomic E-state index is 12.8. The second-order valence-electron chi connectivity index (χ2n) is 5.78. The van der Waals surface area contributed by atoms with E-state index in [9.17, 15) is 9.59 Å². The number of methoxy groups -OCH3 is 1. The summed E-state index contributed by atoms with van der Waals surface area (Å²) in [5.74, 6) is 0.0651. The molecule has 1 aliphatic rings. The molecule has 0 spiro atoms. The highest BCUT2D eigenvalue weighted by molar-refractivity contribution is 6.25. The molecule has 0 bridgehead atoms. The monoisotopic (exact) mass is 332 g/mol. The van der Waals surface area contributed by atoms with Crippen molar-refractivity contribution in [3.8, 4) is 5.75 Å². The summed E-state index contributed by atoms with van der Waals surface area (Å²) in [6.45, 7) is 0.0722. The van der Waals surface area contributed by atoms with Gasteiger partial charge in [-0.05, 0) is 29.7 Å². The summed E-state index contributed by atoms with van der Waals surface area (Å²) in [6, 6.07) is 18.4. The maximum absolute atomic E-state index is 12.8. The summed E-state index contributed by atoms with van der Waals surface area (Å²) in [5.41, 5.74) is 1.83. The maximum Gasteiger partial charge on any atom is 0.262 e. The topological polar surface area (TPSA) is 58.6 Å². The van der Waals surface area contributed by atoms with E-state index in [0.717, 1.165) is 16.5 Å². The molecule has 5 heteroatoms. The second kappa shape index (κ2) is 5.94. The SMILES string of the molecule is COc1ccccc1NCN1C(=O)c2cccc3cccc(c23)C1=O. The second-order valence-corrected chi connectivity index (χ2v) is 5.78. The lowest BCUT2D eigenvalue weighted by atomic mass is 9.94. The minimum Gasteiger partial charge on any atom is -0.495 e. The van der Waals surface area contributed by atoms with Crippen molar-refractivity contribution in [1.29, 1.82) is 0 Å². The zero-order valence-corrected chi connectivity index (χ0v) is 13.7. The lowest BCUT2D eigenvalue weighted by molar-refractivity contribution is 0.0622. The van der Waals surface area contributed by atoms with Crippen LogP contribution < -0.4 is 10.1 Å². The van der Waals surface area contributed by atoms with Gasteiger partial charge in [0.2, 0.25) is 0 Å². The minimum absolute atomic E-state index is 0.0722. The van der Waals surface area contributed by atoms with E-state index in [1.54, 1.807) is 19.2 Å². The van der Waals surface area contributed by atoms with Crippen LogP contribution in [-0.2, 0) is 0 Å². The van der Waals surface area contributed by atoms with Crippen molar-refractivity contribution in [3.63, 3.8) is 0 Å². The average Bonchev–Trinajstić information content (AvgIpc) is 2.66. The zero-order valence-electron chi connectivity index (χ0n) is 13.7. The Balaban J connectivity index is 1.68. The number of rotatable bonds is 4. The average molecular weight is 332 g/mol. The first kappa shape index (κ1) is 15.2. The highest BCUT2D eigenvalue weighted by Crippen LogP contribution is 2.30. The summed E-state index contributed by atoms with van der Waals surface area (Å²) >= 11 is 0. The van der Waals surface area contributed by atoms with Gasteiger partial charge in [0.15, 0.2) is 0 Å². The largest absolute Gasteiger partial charge is 0.495 e. The van der Waals surface area contributed by atoms with Gasteiger partial charge < -0.3 is 10.1 Å². The zero-order chi connectivity index (χ0) is 17.4. The Labute approximate surface area is 144 Å². The molecule has 1 N–H and O–H groups in total. The number of benzene rings is 3. The third-order valence-electron chi connectivity index (χ3n) is 4.39. The first-order valence-electron chi connectivity index (χ1n) is 7.95. The van der Waals surface area contributed by atoms with E-state index >= 15 is 0 Å². The van der Waals surface area contributed by atoms with Crippen molar-refractivity contribution in [2.24, 2.45) is 0 Å². The lowest BCUT2D eigenvalue weighted by Crippen LogP contribution is -2.43. The van der Waals surface area contributed by atoms with Crippen molar-refractivity contribution < 1.29 is 14.3 Å². The van der Waals surface area contributed by atoms with E-state index in [2.05, 4.69) is 5.32 Å². The van der Waals surface area contributed by atoms with Gasteiger partial charge in [0, 0.05) is 16.5 Å². The number of nitrogens with zero attached hydrogens (tertiary/aromatic N) is 1. The number of hydrogen-bond donors (Lipinski definition) is 1. The molecule has 0 aliphatic carbocycles. The van der Waals surface area contributed by atoms with E-state index in [1.165, 1.54) is 4.90 Å². The molecule has 3 aromatic carbocycles. The molecule has 0 fully saturated rings. The minimum atomic E-state index is -0.295. The van der Waals surface area contributed by atoms with Crippen LogP contribution in [0.2, 0.25) is 0 Å². The quantitative estimate of drug-likeness (QED) is 0.743. The lowest BCUT2D eigenvalue weighted by Gasteiger charge is -2.27. The third kappa shape index (κ3) is 2.41. The molecule has 25 heavy (non-hydrogen) atoms. The Hall–Kier alpha value is -3.34. The van der Waals surface area contributed by atoms with E-state index in [-0.39, 0.29) is 18.5 Å². The molecule has 2 amide bonds. The number of amides is 2. The van der Waals surface area contributed by atoms with Crippen molar-refractivity contribution in [2.45, 2.75) is 0 Å². The van der Waals surface area contributed by atoms with Gasteiger partial charge in [-0.2, -0.15) is 0 Å². The van der Waals surface area contributed by atoms with E-state index in [1.807, 2.05) is 48.5 Å². The number of nitrogens with one attached hydrogen (secondary N) is 1. The molecule has 124 valence electrons. The fraction of sp³-hybridized carbons (Fsp3) is 0.100. The Kier molecular flexibility index (Phi) is 3.61. The van der Waals surface area contributed by atoms with Gasteiger partial charge in [0.05, 0.1) is 19.5 Å². The highest BCUT2D eigenvalue weighted by Gasteiger charge is 2.32. The molecule has 5 nitrogen and oxygen atoms in total. The van der Waals surface area contributed by atoms with Gasteiger partial charge in [-0.3, -0.25) is 14.5 Å². The Morgan fingerprint density at radius 3 is 2.16 bits per heavy atom. The predicted octanol–water partition coefficient (Wildman–Crippen LogP) is 3.51. The van der Waals surface area contributed by atoms with Crippen LogP contribution in [0.3, 0.4) is 0 Å². The molecule has 0 aromatic heterocycles. The van der Waals surface area contributed by atoms with Gasteiger partial charge in [0.25, 0.3) is 11.8 Å². The van der Waals surface area contributed by atoms with E-state index in [4.69, 9.17) is 4.74 Å². The number of carbonyl (C=O) groups excluding carboxylic acids is 2. The fourth-order valence-electron chi connectivity index (χ4n) is 3.18. The molecular weight excluding hydrogens is 316 g/mol. The number of imide groups is 1. The molecule has 1 heterocycles. The van der Waals surface area contributed by atoms with Crippen molar-refractivity contribution in [2.75, 3.05) is 19.1 Å². The molecule has 1 aliphatic heterocycles. The fourth-order valence-corrected chi connectivity index (χ4v) is 3.18. The summed E-state index contributed by atoms with van der Waals surface area (Å²) < 4.78 is 5.29. The molecule has 4 rings (SSSR count). The standard InChI is InChI=1S/C20H16N2O3/c1-25-17-11-3-2-10-16(17)21-12-22-19(23)14-8-4-6-13-7-5-9-15(18(13)14)20(22)24/h2-11,21H,12H2,1H3. The Morgan fingerprint density at radius 1 is 0.880 bits per heavy atom. The third-order valence-corrected chi connectivity index (χ3v) is 4.39. The van der Waals surface area contributed by atoms with Crippen LogP contribution >= 0.6 is 0 Å². The molecule has 0 saturated carbocycles. The van der Waals surface area contributed by atoms with Crippen molar-refractivity contribution >= 4 is 28.3 Å². The van der Waals surface area contributed by atoms with Crippen LogP contribution in [0.5, 0.6) is 5.75 Å². The van der Waals surface area contributed by atoms with Crippen LogP contribution in [0.15, 0.2) is 60.7 Å². The number of anilines is 1. The summed E-state index contributed by atoms with van der Waals surface area (Å²) in [4.78, 5) is 26.9. The van der Waals surface area contributed by atoms with Gasteiger partial charge in [-0.25, -0.2) is 0 Å². The number of carbonyl (C=O) groups is 2. The van der Waals surface area contributed by atoms with E-state index < -0.39 is 0 Å². The number of hydrogen-bond acceptors (Lipinski definition) is 4. The van der Waals surface area contributed by atoms with E-state index in [0.29, 0.717) is 16.9 Å². The van der Waals surface area contributed by atoms with Crippen LogP contribution in [0.1, 0.15) is 20.7 Å². The summed E-state index contributed by atoms with van der Waals surface area (Å²) in [5, 5.41) is 4.74. The van der Waals surface area contributed by atoms with Crippen LogP contribution in [0, 0.1) is 0 Å². The predicted molar refractivity (Wildman–Crippen MR) is 95.9 cm³/mol. The Morgan fingerprint density at radius 2 is 1.52 bits per heavy atom. The highest BCUT2D eigenvalue weighted by atomic mass is 16.5. The molecule has 3 aromatic rings. The smallest absolute Gasteiger partial charge is 0.262 e. The van der Waals surface area contributed by atoms with Gasteiger partial charge >= 0.3 is 0 Å². The summed E-state index contributed by atoms with van der Waals surface area (Å²) in [6.07, 6.45) is 0. The molecule has 0 atom stereocenters. The molecule has 0 saturated heterocycles. The van der Waals surface area contributed by atoms with Gasteiger partial charge in [-0.15, -0.1) is 0 Å². The van der Waals surface area contributed by atoms with Gasteiger partial charge in [-0.1, -0.05) is 36.4 Å². The molecule has 0 unspecified atom stereocenters. The first-order chi connectivity index (χ1) is 12.2. The summed E-state index contributed by atoms with van der Waals surface area (Å²) in [7, 11) is 1.58. The van der Waals surface area contributed by atoms with Crippen LogP contribution in [-0.4, -0.2) is 30.5 Å². The molecule has 0 radical (unpaired) electrons. The van der Waals surface area contributed by atoms with Gasteiger partial charge in [0.1, 0.15) is 5.75 Å². The normalized spacial score (nSPS) is 13.2. The number of para-hydroxylation sites is 2. The molecular formula is C20H16N2O3. The van der Waals surface area contributed by atoms with Crippen LogP contribution in [0.25, 0.3) is 10.8 Å².